The number of aromatic nitrogens is 2. The van der Waals surface area contributed by atoms with Gasteiger partial charge in [0, 0.05) is 30.9 Å². The van der Waals surface area contributed by atoms with E-state index < -0.39 is 0 Å². The van der Waals surface area contributed by atoms with Gasteiger partial charge >= 0.3 is 0 Å². The molecule has 1 aromatic heterocycles. The third-order valence-corrected chi connectivity index (χ3v) is 5.20. The standard InChI is InChI=1S/C26H31N3O3/c1-6-31-24-15-13-21(17-25(24)32-7-2)14-16-26(30)28(5)18-23-19(3)27-29(20(23)4)22-11-9-8-10-12-22/h8-17H,6-7,18H2,1-5H3/b16-14+. The van der Waals surface area contributed by atoms with Gasteiger partial charge in [0.1, 0.15) is 0 Å². The van der Waals surface area contributed by atoms with E-state index in [9.17, 15) is 4.79 Å². The maximum atomic E-state index is 12.8. The van der Waals surface area contributed by atoms with E-state index in [0.717, 1.165) is 28.2 Å². The summed E-state index contributed by atoms with van der Waals surface area (Å²) >= 11 is 0. The van der Waals surface area contributed by atoms with Crippen LogP contribution in [0.1, 0.15) is 36.4 Å². The zero-order chi connectivity index (χ0) is 23.1. The van der Waals surface area contributed by atoms with Gasteiger partial charge in [0.2, 0.25) is 5.91 Å². The van der Waals surface area contributed by atoms with Gasteiger partial charge in [-0.2, -0.15) is 5.10 Å². The summed E-state index contributed by atoms with van der Waals surface area (Å²) in [6, 6.07) is 15.7. The van der Waals surface area contributed by atoms with Crippen molar-refractivity contribution in [3.05, 3.63) is 77.1 Å². The van der Waals surface area contributed by atoms with Crippen LogP contribution < -0.4 is 9.47 Å². The van der Waals surface area contributed by atoms with E-state index in [2.05, 4.69) is 5.10 Å². The Kier molecular flexibility index (Phi) is 7.71. The Labute approximate surface area is 190 Å². The lowest BCUT2D eigenvalue weighted by Gasteiger charge is -2.16. The van der Waals surface area contributed by atoms with Gasteiger partial charge in [-0.1, -0.05) is 24.3 Å². The first-order chi connectivity index (χ1) is 15.4. The number of hydrogen-bond donors (Lipinski definition) is 0. The summed E-state index contributed by atoms with van der Waals surface area (Å²) < 4.78 is 13.2. The van der Waals surface area contributed by atoms with Crippen molar-refractivity contribution < 1.29 is 14.3 Å². The molecule has 168 valence electrons. The molecule has 2 aromatic carbocycles. The Morgan fingerprint density at radius 1 is 1.03 bits per heavy atom. The summed E-state index contributed by atoms with van der Waals surface area (Å²) in [5.74, 6) is 1.30. The maximum Gasteiger partial charge on any atom is 0.246 e. The highest BCUT2D eigenvalue weighted by molar-refractivity contribution is 5.91. The Bertz CT molecular complexity index is 1090. The van der Waals surface area contributed by atoms with Gasteiger partial charge in [0.15, 0.2) is 11.5 Å². The molecule has 0 bridgehead atoms. The fourth-order valence-corrected chi connectivity index (χ4v) is 3.51. The first-order valence-electron chi connectivity index (χ1n) is 10.9. The number of para-hydroxylation sites is 1. The summed E-state index contributed by atoms with van der Waals surface area (Å²) in [7, 11) is 1.80. The second-order valence-electron chi connectivity index (χ2n) is 7.50. The molecule has 6 heteroatoms. The molecule has 1 heterocycles. The van der Waals surface area contributed by atoms with E-state index in [1.54, 1.807) is 24.1 Å². The molecule has 3 aromatic rings. The van der Waals surface area contributed by atoms with Crippen molar-refractivity contribution in [3.8, 4) is 17.2 Å². The summed E-state index contributed by atoms with van der Waals surface area (Å²) in [6.45, 7) is 9.48. The second kappa shape index (κ2) is 10.7. The minimum Gasteiger partial charge on any atom is -0.490 e. The largest absolute Gasteiger partial charge is 0.490 e. The number of likely N-dealkylation sites (N-methyl/N-ethyl adjacent to an activating group) is 1. The molecular formula is C26H31N3O3. The number of carbonyl (C=O) groups is 1. The van der Waals surface area contributed by atoms with E-state index >= 15 is 0 Å². The fourth-order valence-electron chi connectivity index (χ4n) is 3.51. The van der Waals surface area contributed by atoms with E-state index in [1.165, 1.54) is 0 Å². The Morgan fingerprint density at radius 2 is 1.72 bits per heavy atom. The van der Waals surface area contributed by atoms with Crippen LogP contribution >= 0.6 is 0 Å². The summed E-state index contributed by atoms with van der Waals surface area (Å²) in [5, 5.41) is 4.67. The van der Waals surface area contributed by atoms with E-state index in [-0.39, 0.29) is 5.91 Å². The van der Waals surface area contributed by atoms with Crippen LogP contribution in [0.3, 0.4) is 0 Å². The summed E-state index contributed by atoms with van der Waals surface area (Å²) in [6.07, 6.45) is 3.38. The Hall–Kier alpha value is -3.54. The second-order valence-corrected chi connectivity index (χ2v) is 7.50. The normalized spacial score (nSPS) is 11.0. The molecule has 1 amide bonds. The molecule has 0 unspecified atom stereocenters. The highest BCUT2D eigenvalue weighted by atomic mass is 16.5. The number of hydrogen-bond acceptors (Lipinski definition) is 4. The van der Waals surface area contributed by atoms with Crippen LogP contribution in [0.25, 0.3) is 11.8 Å². The number of ether oxygens (including phenoxy) is 2. The molecule has 0 aliphatic rings. The SMILES string of the molecule is CCOc1ccc(/C=C/C(=O)N(C)Cc2c(C)nn(-c3ccccc3)c2C)cc1OCC. The van der Waals surface area contributed by atoms with Crippen molar-refractivity contribution in [2.45, 2.75) is 34.2 Å². The van der Waals surface area contributed by atoms with Gasteiger partial charge in [-0.15, -0.1) is 0 Å². The topological polar surface area (TPSA) is 56.6 Å². The van der Waals surface area contributed by atoms with Gasteiger partial charge in [-0.25, -0.2) is 4.68 Å². The predicted octanol–water partition coefficient (Wildman–Crippen LogP) is 4.96. The van der Waals surface area contributed by atoms with Crippen molar-refractivity contribution in [3.63, 3.8) is 0 Å². The third kappa shape index (κ3) is 5.38. The predicted molar refractivity (Wildman–Crippen MR) is 127 cm³/mol. The fraction of sp³-hybridized carbons (Fsp3) is 0.308. The molecule has 0 spiro atoms. The quantitative estimate of drug-likeness (QED) is 0.448. The summed E-state index contributed by atoms with van der Waals surface area (Å²) in [4.78, 5) is 14.5. The number of aryl methyl sites for hydroxylation is 1. The zero-order valence-electron chi connectivity index (χ0n) is 19.5. The Balaban J connectivity index is 1.72. The van der Waals surface area contributed by atoms with Gasteiger partial charge in [-0.3, -0.25) is 4.79 Å². The van der Waals surface area contributed by atoms with Gasteiger partial charge in [-0.05, 0) is 63.6 Å². The number of benzene rings is 2. The molecule has 0 saturated heterocycles. The van der Waals surface area contributed by atoms with Gasteiger partial charge in [0.05, 0.1) is 24.6 Å². The van der Waals surface area contributed by atoms with Gasteiger partial charge < -0.3 is 14.4 Å². The van der Waals surface area contributed by atoms with E-state index in [4.69, 9.17) is 9.47 Å². The number of amides is 1. The molecule has 0 fully saturated rings. The monoisotopic (exact) mass is 433 g/mol. The summed E-state index contributed by atoms with van der Waals surface area (Å²) in [5.41, 5.74) is 4.89. The lowest BCUT2D eigenvalue weighted by atomic mass is 10.1. The molecule has 3 rings (SSSR count). The van der Waals surface area contributed by atoms with Crippen molar-refractivity contribution >= 4 is 12.0 Å². The Morgan fingerprint density at radius 3 is 2.41 bits per heavy atom. The number of carbonyl (C=O) groups excluding carboxylic acids is 1. The minimum atomic E-state index is -0.0805. The molecule has 0 saturated carbocycles. The minimum absolute atomic E-state index is 0.0805. The van der Waals surface area contributed by atoms with Crippen molar-refractivity contribution in [2.24, 2.45) is 0 Å². The number of rotatable bonds is 9. The van der Waals surface area contributed by atoms with Crippen molar-refractivity contribution in [1.29, 1.82) is 0 Å². The van der Waals surface area contributed by atoms with E-state index in [1.807, 2.05) is 80.9 Å². The smallest absolute Gasteiger partial charge is 0.246 e. The van der Waals surface area contributed by atoms with Crippen LogP contribution in [-0.2, 0) is 11.3 Å². The van der Waals surface area contributed by atoms with Crippen LogP contribution in [0.4, 0.5) is 0 Å². The molecule has 0 atom stereocenters. The van der Waals surface area contributed by atoms with Crippen LogP contribution in [0.5, 0.6) is 11.5 Å². The molecule has 0 aliphatic heterocycles. The van der Waals surface area contributed by atoms with Crippen LogP contribution in [0.15, 0.2) is 54.6 Å². The lowest BCUT2D eigenvalue weighted by molar-refractivity contribution is -0.125. The number of nitrogens with zero attached hydrogens (tertiary/aromatic N) is 3. The van der Waals surface area contributed by atoms with E-state index in [0.29, 0.717) is 31.3 Å². The first-order valence-corrected chi connectivity index (χ1v) is 10.9. The molecular weight excluding hydrogens is 402 g/mol. The molecule has 0 radical (unpaired) electrons. The molecule has 32 heavy (non-hydrogen) atoms. The van der Waals surface area contributed by atoms with Crippen LogP contribution in [0, 0.1) is 13.8 Å². The van der Waals surface area contributed by atoms with Crippen molar-refractivity contribution in [2.75, 3.05) is 20.3 Å². The highest BCUT2D eigenvalue weighted by Gasteiger charge is 2.16. The van der Waals surface area contributed by atoms with Gasteiger partial charge in [0.25, 0.3) is 0 Å². The lowest BCUT2D eigenvalue weighted by Crippen LogP contribution is -2.24. The molecule has 6 nitrogen and oxygen atoms in total. The average molecular weight is 434 g/mol. The maximum absolute atomic E-state index is 12.8. The van der Waals surface area contributed by atoms with Crippen LogP contribution in [0.2, 0.25) is 0 Å². The van der Waals surface area contributed by atoms with Crippen molar-refractivity contribution in [1.82, 2.24) is 14.7 Å². The highest BCUT2D eigenvalue weighted by Crippen LogP contribution is 2.29. The third-order valence-electron chi connectivity index (χ3n) is 5.20. The van der Waals surface area contributed by atoms with Crippen LogP contribution in [-0.4, -0.2) is 40.8 Å². The zero-order valence-corrected chi connectivity index (χ0v) is 19.5. The first kappa shape index (κ1) is 23.1. The average Bonchev–Trinajstić information content (AvgIpc) is 3.08. The molecule has 0 N–H and O–H groups in total. The molecule has 0 aliphatic carbocycles.